The first-order valence-corrected chi connectivity index (χ1v) is 48.8. The second-order valence-electron chi connectivity index (χ2n) is 32.4. The van der Waals surface area contributed by atoms with Crippen molar-refractivity contribution in [3.8, 4) is 0 Å². The predicted molar refractivity (Wildman–Crippen MR) is 454 cm³/mol. The van der Waals surface area contributed by atoms with Crippen molar-refractivity contribution >= 4 is 11.4 Å². The molecule has 0 atom stereocenters. The molecular weight excluding hydrogens is 1310 g/mol. The van der Waals surface area contributed by atoms with Crippen LogP contribution < -0.4 is 0 Å². The molecule has 2 aromatic rings. The number of rotatable bonds is 76. The molecule has 590 valence electrons. The molecule has 1 heterocycles. The number of allylic oxidation sites excluding steroid dienone is 2. The number of hydrogen-bond donors (Lipinski definition) is 0. The Morgan fingerprint density at radius 3 is 0.644 bits per heavy atom. The molecule has 0 saturated carbocycles. The van der Waals surface area contributed by atoms with Gasteiger partial charge in [0.05, 0.1) is 0 Å². The van der Waals surface area contributed by atoms with Crippen molar-refractivity contribution in [3.05, 3.63) is 86.5 Å². The van der Waals surface area contributed by atoms with E-state index in [1.165, 1.54) is 455 Å². The Labute approximate surface area is 643 Å². The van der Waals surface area contributed by atoms with E-state index in [0.29, 0.717) is 0 Å². The van der Waals surface area contributed by atoms with Gasteiger partial charge in [-0.3, -0.25) is 0 Å². The van der Waals surface area contributed by atoms with E-state index < -0.39 is 0 Å². The van der Waals surface area contributed by atoms with Crippen LogP contribution in [0.5, 0.6) is 0 Å². The molecule has 0 unspecified atom stereocenters. The number of benzene rings is 2. The van der Waals surface area contributed by atoms with Gasteiger partial charge in [-0.05, 0) is 111 Å². The van der Waals surface area contributed by atoms with Crippen molar-refractivity contribution < 1.29 is 22.7 Å². The fraction of sp³-hybridized carbons (Fsp3) is 0.837. The van der Waals surface area contributed by atoms with Gasteiger partial charge in [0.1, 0.15) is 0 Å². The van der Waals surface area contributed by atoms with Gasteiger partial charge in [0.15, 0.2) is 0 Å². The van der Waals surface area contributed by atoms with Gasteiger partial charge < -0.3 is 5.53 Å². The second kappa shape index (κ2) is 73.7. The molecule has 0 amide bonds. The van der Waals surface area contributed by atoms with E-state index in [1.807, 2.05) is 0 Å². The summed E-state index contributed by atoms with van der Waals surface area (Å²) in [6.07, 6.45) is 101. The Kier molecular flexibility index (Phi) is 69.5. The average Bonchev–Trinajstić information content (AvgIpc) is 1.61. The molecule has 3 rings (SSSR count). The summed E-state index contributed by atoms with van der Waals surface area (Å²) in [6.45, 7) is 18.3. The van der Waals surface area contributed by atoms with Crippen LogP contribution in [0.25, 0.3) is 16.9 Å². The first-order valence-electron chi connectivity index (χ1n) is 46.6. The molecule has 2 aromatic carbocycles. The molecule has 101 heavy (non-hydrogen) atoms. The van der Waals surface area contributed by atoms with Crippen LogP contribution in [0.4, 0.5) is 0 Å². The molecular formula is C98H178N2Pd. The van der Waals surface area contributed by atoms with E-state index in [4.69, 9.17) is 0 Å². The van der Waals surface area contributed by atoms with E-state index in [0.717, 1.165) is 80.7 Å². The maximum absolute atomic E-state index is 12.3. The Balaban J connectivity index is 0.000000707. The molecule has 1 aliphatic heterocycles. The van der Waals surface area contributed by atoms with Gasteiger partial charge in [0, 0.05) is 22.3 Å². The van der Waals surface area contributed by atoms with Crippen molar-refractivity contribution in [2.75, 3.05) is 0 Å². The molecule has 0 bridgehead atoms. The Morgan fingerprint density at radius 1 is 0.208 bits per heavy atom. The van der Waals surface area contributed by atoms with Gasteiger partial charge >= 0.3 is 169 Å². The topological polar surface area (TPSA) is 25.3 Å². The Hall–Kier alpha value is -1.82. The zero-order valence-electron chi connectivity index (χ0n) is 70.0. The Morgan fingerprint density at radius 2 is 0.396 bits per heavy atom. The summed E-state index contributed by atoms with van der Waals surface area (Å²) in [5.74, 6) is 0. The Bertz CT molecular complexity index is 2070. The molecule has 0 N–H and O–H groups in total. The summed E-state index contributed by atoms with van der Waals surface area (Å²) in [5, 5.41) is 0. The molecule has 0 fully saturated rings. The third kappa shape index (κ3) is 53.6. The van der Waals surface area contributed by atoms with E-state index in [1.54, 1.807) is 14.5 Å². The van der Waals surface area contributed by atoms with Crippen molar-refractivity contribution in [3.63, 3.8) is 0 Å². The fourth-order valence-corrected chi connectivity index (χ4v) is 17.8. The van der Waals surface area contributed by atoms with Crippen LogP contribution in [-0.4, -0.2) is 4.70 Å². The molecule has 0 spiro atoms. The van der Waals surface area contributed by atoms with Crippen LogP contribution in [0.15, 0.2) is 47.5 Å². The van der Waals surface area contributed by atoms with Crippen LogP contribution in [0.1, 0.15) is 525 Å². The monoisotopic (exact) mass is 1490 g/mol. The normalized spacial score (nSPS) is 12.5. The third-order valence-corrected chi connectivity index (χ3v) is 24.9. The number of aryl methyl sites for hydroxylation is 4. The van der Waals surface area contributed by atoms with Crippen molar-refractivity contribution in [2.45, 2.75) is 527 Å². The summed E-state index contributed by atoms with van der Waals surface area (Å²) in [5.41, 5.74) is 25.2. The molecule has 3 heteroatoms. The summed E-state index contributed by atoms with van der Waals surface area (Å²) in [6, 6.07) is 14.3. The molecule has 2 nitrogen and oxygen atoms in total. The van der Waals surface area contributed by atoms with E-state index >= 15 is 0 Å². The molecule has 0 aliphatic carbocycles. The first kappa shape index (κ1) is 95.3. The van der Waals surface area contributed by atoms with Crippen LogP contribution >= 0.6 is 0 Å². The van der Waals surface area contributed by atoms with Gasteiger partial charge in [-0.25, -0.2) is 4.70 Å². The molecule has 0 aromatic heterocycles. The van der Waals surface area contributed by atoms with Crippen LogP contribution in [0.2, 0.25) is 9.79 Å². The number of unbranched alkanes of at least 4 members (excludes halogenated alkanes) is 60. The number of hydrogen-bond acceptors (Lipinski definition) is 0. The van der Waals surface area contributed by atoms with E-state index in [9.17, 15) is 5.53 Å². The summed E-state index contributed by atoms with van der Waals surface area (Å²) in [4.78, 5) is 3.10. The zero-order chi connectivity index (χ0) is 72.6. The predicted octanol–water partition coefficient (Wildman–Crippen LogP) is 35.6. The maximum atomic E-state index is 12.3. The minimum atomic E-state index is 1.01. The minimum Gasteiger partial charge on any atom is -0.0654 e. The van der Waals surface area contributed by atoms with Gasteiger partial charge in [0.2, 0.25) is 11.4 Å². The quantitative estimate of drug-likeness (QED) is 0.0358. The minimum absolute atomic E-state index is 1.01. The third-order valence-electron chi connectivity index (χ3n) is 22.7. The van der Waals surface area contributed by atoms with Crippen molar-refractivity contribution in [1.29, 1.82) is 0 Å². The van der Waals surface area contributed by atoms with Crippen LogP contribution in [0, 0.1) is 0 Å². The zero-order valence-corrected chi connectivity index (χ0v) is 71.6. The first-order chi connectivity index (χ1) is 49.9. The smallest absolute Gasteiger partial charge is 0.0654 e. The summed E-state index contributed by atoms with van der Waals surface area (Å²) in [7, 11) is 0. The number of nitrogens with zero attached hydrogens (tertiary/aromatic N) is 2. The van der Waals surface area contributed by atoms with Gasteiger partial charge in [0.25, 0.3) is 0 Å². The van der Waals surface area contributed by atoms with Crippen LogP contribution in [-0.2, 0) is 43.7 Å². The summed E-state index contributed by atoms with van der Waals surface area (Å²) >= 11 is 1.05. The van der Waals surface area contributed by atoms with Gasteiger partial charge in [-0.2, -0.15) is 0 Å². The van der Waals surface area contributed by atoms with Gasteiger partial charge in [-0.1, -0.05) is 324 Å². The summed E-state index contributed by atoms with van der Waals surface area (Å²) < 4.78 is 1.63. The van der Waals surface area contributed by atoms with E-state index in [-0.39, 0.29) is 0 Å². The van der Waals surface area contributed by atoms with E-state index in [2.05, 4.69) is 91.8 Å². The second-order valence-corrected chi connectivity index (χ2v) is 34.8. The molecule has 0 radical (unpaired) electrons. The average molecular weight is 1490 g/mol. The standard InChI is InChI=1S/C42H64N2.2C28H57.Pd/c1-7-13-17-18-19-22-26-40-39(25-16-10-4)41(37-29-33(11-5)27-34(12-6)30-37)44(43)42(40)38-31-35(23-20-14-8-2)28-36(32-38)24-21-15-9-3;2*1-3-5-7-9-11-13-15-17-19-21-23-25-27-28-26-24-22-20-18-16-14-12-10-8-6-4-2;/h27-32H,7-26H2,1-6H3;2*1,3-28H2,2H3;. The van der Waals surface area contributed by atoms with Crippen molar-refractivity contribution in [2.24, 2.45) is 0 Å². The SMILES string of the molecule is CCCCCCCCC1=C(c2cc(CCCCC)cc(CCCCC)c2)[N+](=[N-])C(c2cc(CC)cc(CC)c2)=C1CCCC.CCCCCCCCCCCCCCCCCCCCCCCCCCC[CH2][Pd][CH2]CCCCCCCCCCCCCCCCCCCCCCCCCCC. The fourth-order valence-electron chi connectivity index (χ4n) is 15.9. The molecule has 0 saturated heterocycles. The van der Waals surface area contributed by atoms with Gasteiger partial charge in [-0.15, -0.1) is 0 Å². The molecule has 1 aliphatic rings. The van der Waals surface area contributed by atoms with Crippen LogP contribution in [0.3, 0.4) is 0 Å². The van der Waals surface area contributed by atoms with Crippen molar-refractivity contribution in [1.82, 2.24) is 0 Å².